The molecule has 0 spiro atoms. The number of nitrogens with zero attached hydrogens (tertiary/aromatic N) is 1. The molecule has 1 aliphatic rings. The lowest BCUT2D eigenvalue weighted by Crippen LogP contribution is -2.45. The van der Waals surface area contributed by atoms with E-state index >= 15 is 0 Å². The second kappa shape index (κ2) is 5.95. The molecule has 1 saturated heterocycles. The molecule has 1 aliphatic heterocycles. The summed E-state index contributed by atoms with van der Waals surface area (Å²) in [5, 5.41) is 0. The molecular weight excluding hydrogens is 287 g/mol. The minimum atomic E-state index is -0.256. The summed E-state index contributed by atoms with van der Waals surface area (Å²) in [6, 6.07) is 10.2. The molecule has 0 radical (unpaired) electrons. The molecule has 0 aliphatic carbocycles. The summed E-state index contributed by atoms with van der Waals surface area (Å²) in [4.78, 5) is 16.0. The molecule has 2 N–H and O–H groups in total. The summed E-state index contributed by atoms with van der Waals surface area (Å²) in [7, 11) is 0. The van der Waals surface area contributed by atoms with Gasteiger partial charge in [0.15, 0.2) is 0 Å². The molecule has 1 aromatic heterocycles. The van der Waals surface area contributed by atoms with E-state index in [4.69, 9.17) is 5.73 Å². The van der Waals surface area contributed by atoms with Gasteiger partial charge in [-0.3, -0.25) is 4.79 Å². The fourth-order valence-electron chi connectivity index (χ4n) is 2.57. The predicted octanol–water partition coefficient (Wildman–Crippen LogP) is 3.12. The molecule has 21 heavy (non-hydrogen) atoms. The molecule has 1 atom stereocenters. The van der Waals surface area contributed by atoms with Crippen molar-refractivity contribution in [3.05, 3.63) is 47.1 Å². The Morgan fingerprint density at radius 2 is 2.00 bits per heavy atom. The Labute approximate surface area is 127 Å². The molecule has 2 aromatic rings. The van der Waals surface area contributed by atoms with Crippen molar-refractivity contribution >= 4 is 17.2 Å². The highest BCUT2D eigenvalue weighted by atomic mass is 32.1. The van der Waals surface area contributed by atoms with Gasteiger partial charge in [-0.15, -0.1) is 11.3 Å². The van der Waals surface area contributed by atoms with E-state index < -0.39 is 0 Å². The van der Waals surface area contributed by atoms with E-state index in [1.165, 1.54) is 23.5 Å². The monoisotopic (exact) mass is 304 g/mol. The maximum Gasteiger partial charge on any atom is 0.263 e. The van der Waals surface area contributed by atoms with Gasteiger partial charge in [-0.1, -0.05) is 12.1 Å². The van der Waals surface area contributed by atoms with Gasteiger partial charge in [0.1, 0.15) is 5.82 Å². The van der Waals surface area contributed by atoms with Crippen LogP contribution in [-0.4, -0.2) is 29.9 Å². The molecule has 1 fully saturated rings. The first-order valence-electron chi connectivity index (χ1n) is 7.04. The minimum absolute atomic E-state index is 0.0449. The Hall–Kier alpha value is -1.72. The fraction of sp³-hybridized carbons (Fsp3) is 0.312. The molecule has 2 heterocycles. The van der Waals surface area contributed by atoms with Crippen LogP contribution in [0.15, 0.2) is 36.4 Å². The van der Waals surface area contributed by atoms with Crippen molar-refractivity contribution < 1.29 is 9.18 Å². The van der Waals surface area contributed by atoms with E-state index in [0.29, 0.717) is 11.4 Å². The van der Waals surface area contributed by atoms with Crippen LogP contribution in [0.3, 0.4) is 0 Å². The Morgan fingerprint density at radius 3 is 2.71 bits per heavy atom. The average Bonchev–Trinajstić information content (AvgIpc) is 2.97. The fourth-order valence-corrected chi connectivity index (χ4v) is 3.55. The van der Waals surface area contributed by atoms with Gasteiger partial charge in [0.05, 0.1) is 4.88 Å². The molecule has 3 nitrogen and oxygen atoms in total. The van der Waals surface area contributed by atoms with Gasteiger partial charge >= 0.3 is 0 Å². The van der Waals surface area contributed by atoms with E-state index in [0.717, 1.165) is 29.8 Å². The number of likely N-dealkylation sites (tertiary alicyclic amines) is 1. The van der Waals surface area contributed by atoms with Crippen LogP contribution in [0.5, 0.6) is 0 Å². The van der Waals surface area contributed by atoms with Gasteiger partial charge in [0, 0.05) is 24.0 Å². The predicted molar refractivity (Wildman–Crippen MR) is 82.8 cm³/mol. The number of carbonyl (C=O) groups is 1. The van der Waals surface area contributed by atoms with Crippen LogP contribution in [0.1, 0.15) is 22.5 Å². The van der Waals surface area contributed by atoms with E-state index in [-0.39, 0.29) is 17.8 Å². The van der Waals surface area contributed by atoms with Gasteiger partial charge < -0.3 is 10.6 Å². The molecule has 0 saturated carbocycles. The quantitative estimate of drug-likeness (QED) is 0.926. The minimum Gasteiger partial charge on any atom is -0.336 e. The van der Waals surface area contributed by atoms with E-state index in [9.17, 15) is 9.18 Å². The maximum absolute atomic E-state index is 12.9. The number of hydrogen-bond acceptors (Lipinski definition) is 3. The summed E-state index contributed by atoms with van der Waals surface area (Å²) in [6.45, 7) is 1.40. The second-order valence-electron chi connectivity index (χ2n) is 5.32. The molecule has 5 heteroatoms. The second-order valence-corrected chi connectivity index (χ2v) is 6.41. The van der Waals surface area contributed by atoms with Crippen LogP contribution in [0, 0.1) is 5.82 Å². The van der Waals surface area contributed by atoms with E-state index in [2.05, 4.69) is 0 Å². The topological polar surface area (TPSA) is 46.3 Å². The van der Waals surface area contributed by atoms with Gasteiger partial charge in [0.25, 0.3) is 5.91 Å². The third-order valence-electron chi connectivity index (χ3n) is 3.69. The van der Waals surface area contributed by atoms with Crippen LogP contribution in [-0.2, 0) is 0 Å². The Balaban J connectivity index is 1.78. The van der Waals surface area contributed by atoms with Crippen LogP contribution < -0.4 is 5.73 Å². The zero-order chi connectivity index (χ0) is 14.8. The number of benzene rings is 1. The Bertz CT molecular complexity index is 638. The van der Waals surface area contributed by atoms with Crippen molar-refractivity contribution in [3.8, 4) is 10.4 Å². The molecule has 110 valence electrons. The number of amides is 1. The molecule has 3 rings (SSSR count). The van der Waals surface area contributed by atoms with Crippen molar-refractivity contribution in [2.75, 3.05) is 13.1 Å². The van der Waals surface area contributed by atoms with Crippen molar-refractivity contribution in [2.24, 2.45) is 5.73 Å². The third kappa shape index (κ3) is 3.14. The van der Waals surface area contributed by atoms with Gasteiger partial charge in [-0.2, -0.15) is 0 Å². The first-order chi connectivity index (χ1) is 10.1. The van der Waals surface area contributed by atoms with Crippen molar-refractivity contribution in [1.82, 2.24) is 4.90 Å². The zero-order valence-corrected chi connectivity index (χ0v) is 12.4. The number of thiophene rings is 1. The Morgan fingerprint density at radius 1 is 1.24 bits per heavy atom. The lowest BCUT2D eigenvalue weighted by atomic mass is 10.1. The van der Waals surface area contributed by atoms with Crippen molar-refractivity contribution in [2.45, 2.75) is 18.9 Å². The molecular formula is C16H17FN2OS. The van der Waals surface area contributed by atoms with Crippen LogP contribution in [0.4, 0.5) is 4.39 Å². The highest BCUT2D eigenvalue weighted by Crippen LogP contribution is 2.29. The summed E-state index contributed by atoms with van der Waals surface area (Å²) in [5.41, 5.74) is 6.85. The normalized spacial score (nSPS) is 18.8. The van der Waals surface area contributed by atoms with Gasteiger partial charge in [-0.25, -0.2) is 4.39 Å². The number of rotatable bonds is 2. The molecule has 0 bridgehead atoms. The van der Waals surface area contributed by atoms with Gasteiger partial charge in [0.2, 0.25) is 0 Å². The van der Waals surface area contributed by atoms with Crippen LogP contribution in [0.2, 0.25) is 0 Å². The standard InChI is InChI=1S/C16H17FN2OS/c17-12-5-3-11(4-6-12)14-7-8-15(21-14)16(20)19-9-1-2-13(18)10-19/h3-8,13H,1-2,9-10,18H2. The first kappa shape index (κ1) is 14.2. The number of hydrogen-bond donors (Lipinski definition) is 1. The smallest absolute Gasteiger partial charge is 0.263 e. The Kier molecular flexibility index (Phi) is 4.03. The third-order valence-corrected chi connectivity index (χ3v) is 4.81. The highest BCUT2D eigenvalue weighted by molar-refractivity contribution is 7.17. The summed E-state index contributed by atoms with van der Waals surface area (Å²) >= 11 is 1.44. The average molecular weight is 304 g/mol. The van der Waals surface area contributed by atoms with E-state index in [1.807, 2.05) is 17.0 Å². The molecule has 1 amide bonds. The largest absolute Gasteiger partial charge is 0.336 e. The van der Waals surface area contributed by atoms with Crippen LogP contribution >= 0.6 is 11.3 Å². The van der Waals surface area contributed by atoms with Crippen LogP contribution in [0.25, 0.3) is 10.4 Å². The number of piperidine rings is 1. The first-order valence-corrected chi connectivity index (χ1v) is 7.86. The number of carbonyl (C=O) groups excluding carboxylic acids is 1. The zero-order valence-electron chi connectivity index (χ0n) is 11.6. The summed E-state index contributed by atoms with van der Waals surface area (Å²) in [6.07, 6.45) is 1.94. The van der Waals surface area contributed by atoms with E-state index in [1.54, 1.807) is 12.1 Å². The lowest BCUT2D eigenvalue weighted by molar-refractivity contribution is 0.0714. The SMILES string of the molecule is NC1CCCN(C(=O)c2ccc(-c3ccc(F)cc3)s2)C1. The molecule has 1 aromatic carbocycles. The number of halogens is 1. The van der Waals surface area contributed by atoms with Crippen molar-refractivity contribution in [1.29, 1.82) is 0 Å². The van der Waals surface area contributed by atoms with Gasteiger partial charge in [-0.05, 0) is 42.7 Å². The molecule has 1 unspecified atom stereocenters. The highest BCUT2D eigenvalue weighted by Gasteiger charge is 2.23. The van der Waals surface area contributed by atoms with Crippen molar-refractivity contribution in [3.63, 3.8) is 0 Å². The summed E-state index contributed by atoms with van der Waals surface area (Å²) in [5.74, 6) is -0.211. The number of nitrogens with two attached hydrogens (primary N) is 1. The maximum atomic E-state index is 12.9. The lowest BCUT2D eigenvalue weighted by Gasteiger charge is -2.30. The summed E-state index contributed by atoms with van der Waals surface area (Å²) < 4.78 is 12.9.